The molecular weight excluding hydrogens is 240 g/mol. The van der Waals surface area contributed by atoms with Gasteiger partial charge in [0.05, 0.1) is 11.7 Å². The molecule has 1 amide bonds. The quantitative estimate of drug-likeness (QED) is 0.768. The van der Waals surface area contributed by atoms with E-state index in [1.165, 1.54) is 0 Å². The number of carbonyl (C=O) groups is 1. The number of aromatic amines is 1. The molecule has 4 N–H and O–H groups in total. The number of H-pyrrole nitrogens is 1. The Hall–Kier alpha value is -2.14. The topological polar surface area (TPSA) is 83.8 Å². The molecule has 0 saturated heterocycles. The third-order valence-electron chi connectivity index (χ3n) is 2.88. The van der Waals surface area contributed by atoms with Gasteiger partial charge in [-0.2, -0.15) is 5.10 Å². The lowest BCUT2D eigenvalue weighted by Gasteiger charge is -2.11. The van der Waals surface area contributed by atoms with Crippen LogP contribution in [0.5, 0.6) is 0 Å². The second-order valence-electron chi connectivity index (χ2n) is 4.44. The highest BCUT2D eigenvalue weighted by Crippen LogP contribution is 2.20. The normalized spacial score (nSPS) is 12.1. The number of hydrogen-bond donors (Lipinski definition) is 3. The molecule has 0 fully saturated rings. The Morgan fingerprint density at radius 1 is 1.47 bits per heavy atom. The molecule has 0 aliphatic rings. The zero-order chi connectivity index (χ0) is 13.7. The summed E-state index contributed by atoms with van der Waals surface area (Å²) < 4.78 is 0. The molecule has 5 heteroatoms. The first-order valence-electron chi connectivity index (χ1n) is 6.37. The van der Waals surface area contributed by atoms with Crippen molar-refractivity contribution in [3.8, 4) is 11.3 Å². The van der Waals surface area contributed by atoms with Crippen molar-refractivity contribution in [2.24, 2.45) is 5.73 Å². The van der Waals surface area contributed by atoms with Crippen LogP contribution in [0, 0.1) is 0 Å². The molecule has 2 aromatic rings. The highest BCUT2D eigenvalue weighted by molar-refractivity contribution is 5.95. The Kier molecular flexibility index (Phi) is 4.30. The third kappa shape index (κ3) is 3.42. The molecule has 100 valence electrons. The Labute approximate surface area is 112 Å². The zero-order valence-corrected chi connectivity index (χ0v) is 10.9. The van der Waals surface area contributed by atoms with Gasteiger partial charge in [0.2, 0.25) is 5.91 Å². The maximum Gasteiger partial charge on any atom is 0.241 e. The van der Waals surface area contributed by atoms with Crippen LogP contribution in [-0.4, -0.2) is 22.1 Å². The predicted octanol–water partition coefficient (Wildman–Crippen LogP) is 2.14. The van der Waals surface area contributed by atoms with E-state index in [2.05, 4.69) is 15.5 Å². The van der Waals surface area contributed by atoms with Crippen LogP contribution < -0.4 is 11.1 Å². The first kappa shape index (κ1) is 13.3. The van der Waals surface area contributed by atoms with E-state index in [0.717, 1.165) is 23.4 Å². The summed E-state index contributed by atoms with van der Waals surface area (Å²) in [6, 6.07) is 9.00. The summed E-state index contributed by atoms with van der Waals surface area (Å²) >= 11 is 0. The highest BCUT2D eigenvalue weighted by Gasteiger charge is 2.12. The molecule has 0 unspecified atom stereocenters. The standard InChI is InChI=1S/C14H18N4O/c1-2-4-12(15)14(19)17-11-6-3-5-10(9-11)13-7-8-16-18-13/h3,5-9,12H,2,4,15H2,1H3,(H,16,18)(H,17,19)/t12-/m1/s1. The van der Waals surface area contributed by atoms with Gasteiger partial charge in [-0.3, -0.25) is 9.89 Å². The van der Waals surface area contributed by atoms with Crippen LogP contribution in [0.4, 0.5) is 5.69 Å². The van der Waals surface area contributed by atoms with Crippen molar-refractivity contribution in [3.05, 3.63) is 36.5 Å². The molecule has 1 aromatic heterocycles. The molecule has 5 nitrogen and oxygen atoms in total. The number of aromatic nitrogens is 2. The number of rotatable bonds is 5. The number of nitrogens with one attached hydrogen (secondary N) is 2. The third-order valence-corrected chi connectivity index (χ3v) is 2.88. The second-order valence-corrected chi connectivity index (χ2v) is 4.44. The maximum atomic E-state index is 11.8. The zero-order valence-electron chi connectivity index (χ0n) is 10.9. The monoisotopic (exact) mass is 258 g/mol. The Morgan fingerprint density at radius 3 is 3.00 bits per heavy atom. The van der Waals surface area contributed by atoms with E-state index >= 15 is 0 Å². The summed E-state index contributed by atoms with van der Waals surface area (Å²) in [6.45, 7) is 2.01. The number of amides is 1. The van der Waals surface area contributed by atoms with Gasteiger partial charge < -0.3 is 11.1 Å². The lowest BCUT2D eigenvalue weighted by molar-refractivity contribution is -0.117. The fourth-order valence-electron chi connectivity index (χ4n) is 1.86. The molecular formula is C14H18N4O. The van der Waals surface area contributed by atoms with Crippen molar-refractivity contribution in [1.29, 1.82) is 0 Å². The second kappa shape index (κ2) is 6.15. The van der Waals surface area contributed by atoms with Crippen molar-refractivity contribution >= 4 is 11.6 Å². The number of anilines is 1. The minimum atomic E-state index is -0.458. The fourth-order valence-corrected chi connectivity index (χ4v) is 1.86. The molecule has 0 bridgehead atoms. The molecule has 2 rings (SSSR count). The van der Waals surface area contributed by atoms with Crippen LogP contribution in [0.3, 0.4) is 0 Å². The van der Waals surface area contributed by atoms with Gasteiger partial charge >= 0.3 is 0 Å². The van der Waals surface area contributed by atoms with Crippen LogP contribution in [0.1, 0.15) is 19.8 Å². The number of nitrogens with two attached hydrogens (primary N) is 1. The van der Waals surface area contributed by atoms with Gasteiger partial charge in [-0.15, -0.1) is 0 Å². The van der Waals surface area contributed by atoms with E-state index in [4.69, 9.17) is 5.73 Å². The SMILES string of the molecule is CCC[C@@H](N)C(=O)Nc1cccc(-c2ccn[nH]2)c1. The van der Waals surface area contributed by atoms with Crippen molar-refractivity contribution < 1.29 is 4.79 Å². The molecule has 0 saturated carbocycles. The summed E-state index contributed by atoms with van der Waals surface area (Å²) in [6.07, 6.45) is 3.27. The van der Waals surface area contributed by atoms with Gasteiger partial charge in [0, 0.05) is 17.4 Å². The van der Waals surface area contributed by atoms with Crippen LogP contribution >= 0.6 is 0 Å². The predicted molar refractivity (Wildman–Crippen MR) is 75.5 cm³/mol. The van der Waals surface area contributed by atoms with Crippen LogP contribution in [0.25, 0.3) is 11.3 Å². The van der Waals surface area contributed by atoms with Gasteiger partial charge in [-0.1, -0.05) is 25.5 Å². The van der Waals surface area contributed by atoms with Crippen LogP contribution in [0.2, 0.25) is 0 Å². The first-order valence-corrected chi connectivity index (χ1v) is 6.37. The van der Waals surface area contributed by atoms with E-state index in [0.29, 0.717) is 6.42 Å². The van der Waals surface area contributed by atoms with Crippen LogP contribution in [-0.2, 0) is 4.79 Å². The molecule has 0 aliphatic carbocycles. The number of hydrogen-bond acceptors (Lipinski definition) is 3. The number of carbonyl (C=O) groups excluding carboxylic acids is 1. The summed E-state index contributed by atoms with van der Waals surface area (Å²) in [5.74, 6) is -0.149. The Balaban J connectivity index is 2.09. The molecule has 0 radical (unpaired) electrons. The molecule has 19 heavy (non-hydrogen) atoms. The largest absolute Gasteiger partial charge is 0.325 e. The van der Waals surface area contributed by atoms with E-state index in [-0.39, 0.29) is 5.91 Å². The van der Waals surface area contributed by atoms with E-state index in [1.807, 2.05) is 37.3 Å². The molecule has 0 aliphatic heterocycles. The molecule has 1 heterocycles. The first-order chi connectivity index (χ1) is 9.20. The molecule has 1 atom stereocenters. The van der Waals surface area contributed by atoms with Crippen molar-refractivity contribution in [1.82, 2.24) is 10.2 Å². The average Bonchev–Trinajstić information content (AvgIpc) is 2.93. The number of benzene rings is 1. The van der Waals surface area contributed by atoms with Gasteiger partial charge in [0.25, 0.3) is 0 Å². The lowest BCUT2D eigenvalue weighted by Crippen LogP contribution is -2.35. The minimum absolute atomic E-state index is 0.149. The van der Waals surface area contributed by atoms with Crippen molar-refractivity contribution in [2.45, 2.75) is 25.8 Å². The molecule has 1 aromatic carbocycles. The summed E-state index contributed by atoms with van der Waals surface area (Å²) in [5, 5.41) is 9.63. The highest BCUT2D eigenvalue weighted by atomic mass is 16.2. The van der Waals surface area contributed by atoms with Gasteiger partial charge in [-0.25, -0.2) is 0 Å². The molecule has 0 spiro atoms. The Bertz CT molecular complexity index is 536. The summed E-state index contributed by atoms with van der Waals surface area (Å²) in [5.41, 5.74) is 8.40. The number of nitrogens with zero attached hydrogens (tertiary/aromatic N) is 1. The summed E-state index contributed by atoms with van der Waals surface area (Å²) in [4.78, 5) is 11.8. The van der Waals surface area contributed by atoms with Gasteiger partial charge in [0.1, 0.15) is 0 Å². The fraction of sp³-hybridized carbons (Fsp3) is 0.286. The smallest absolute Gasteiger partial charge is 0.241 e. The summed E-state index contributed by atoms with van der Waals surface area (Å²) in [7, 11) is 0. The van der Waals surface area contributed by atoms with Gasteiger partial charge in [0.15, 0.2) is 0 Å². The Morgan fingerprint density at radius 2 is 2.32 bits per heavy atom. The minimum Gasteiger partial charge on any atom is -0.325 e. The van der Waals surface area contributed by atoms with E-state index in [1.54, 1.807) is 6.20 Å². The maximum absolute atomic E-state index is 11.8. The van der Waals surface area contributed by atoms with Crippen molar-refractivity contribution in [3.63, 3.8) is 0 Å². The lowest BCUT2D eigenvalue weighted by atomic mass is 10.1. The van der Waals surface area contributed by atoms with E-state index < -0.39 is 6.04 Å². The van der Waals surface area contributed by atoms with Crippen LogP contribution in [0.15, 0.2) is 36.5 Å². The van der Waals surface area contributed by atoms with E-state index in [9.17, 15) is 4.79 Å². The average molecular weight is 258 g/mol. The van der Waals surface area contributed by atoms with Crippen molar-refractivity contribution in [2.75, 3.05) is 5.32 Å². The van der Waals surface area contributed by atoms with Gasteiger partial charge in [-0.05, 0) is 24.6 Å².